The number of benzene rings is 2. The van der Waals surface area contributed by atoms with Crippen LogP contribution in [0, 0.1) is 0 Å². The van der Waals surface area contributed by atoms with Crippen molar-refractivity contribution >= 4 is 16.8 Å². The number of phenolic OH excluding ortho intramolecular Hbond substituents is 1. The van der Waals surface area contributed by atoms with Crippen LogP contribution in [0.25, 0.3) is 10.9 Å². The van der Waals surface area contributed by atoms with Crippen molar-refractivity contribution in [3.05, 3.63) is 59.8 Å². The van der Waals surface area contributed by atoms with E-state index >= 15 is 0 Å². The molecule has 0 aliphatic heterocycles. The zero-order valence-electron chi connectivity index (χ0n) is 16.2. The summed E-state index contributed by atoms with van der Waals surface area (Å²) in [6.45, 7) is 1.95. The fourth-order valence-electron chi connectivity index (χ4n) is 3.21. The van der Waals surface area contributed by atoms with Crippen molar-refractivity contribution in [2.24, 2.45) is 0 Å². The van der Waals surface area contributed by atoms with Gasteiger partial charge < -0.3 is 19.9 Å². The molecule has 3 aromatic rings. The van der Waals surface area contributed by atoms with Gasteiger partial charge in [0.25, 0.3) is 0 Å². The maximum atomic E-state index is 12.4. The van der Waals surface area contributed by atoms with Crippen LogP contribution in [0.3, 0.4) is 0 Å². The zero-order chi connectivity index (χ0) is 20.1. The van der Waals surface area contributed by atoms with Crippen molar-refractivity contribution < 1.29 is 19.4 Å². The Morgan fingerprint density at radius 1 is 1.14 bits per heavy atom. The van der Waals surface area contributed by atoms with Gasteiger partial charge in [0.15, 0.2) is 11.5 Å². The smallest absolute Gasteiger partial charge is 0.220 e. The summed E-state index contributed by atoms with van der Waals surface area (Å²) >= 11 is 0. The highest BCUT2D eigenvalue weighted by Crippen LogP contribution is 2.37. The topological polar surface area (TPSA) is 80.7 Å². The van der Waals surface area contributed by atoms with E-state index in [9.17, 15) is 9.90 Å². The quantitative estimate of drug-likeness (QED) is 0.648. The molecule has 0 bridgehead atoms. The Bertz CT molecular complexity index is 987. The predicted molar refractivity (Wildman–Crippen MR) is 108 cm³/mol. The summed E-state index contributed by atoms with van der Waals surface area (Å²) in [4.78, 5) is 16.7. The number of hydrogen-bond acceptors (Lipinski definition) is 5. The number of phenols is 1. The Morgan fingerprint density at radius 3 is 2.64 bits per heavy atom. The molecule has 1 atom stereocenters. The van der Waals surface area contributed by atoms with Crippen LogP contribution in [0.2, 0.25) is 0 Å². The number of hydrogen-bond donors (Lipinski definition) is 2. The van der Waals surface area contributed by atoms with Crippen LogP contribution in [-0.4, -0.2) is 30.2 Å². The molecule has 3 rings (SSSR count). The van der Waals surface area contributed by atoms with E-state index in [1.165, 1.54) is 0 Å². The number of aromatic nitrogens is 1. The van der Waals surface area contributed by atoms with E-state index in [-0.39, 0.29) is 11.7 Å². The van der Waals surface area contributed by atoms with Crippen LogP contribution in [0.5, 0.6) is 17.2 Å². The summed E-state index contributed by atoms with van der Waals surface area (Å²) in [6, 6.07) is 12.3. The first kappa shape index (κ1) is 19.5. The van der Waals surface area contributed by atoms with E-state index < -0.39 is 6.04 Å². The molecule has 2 N–H and O–H groups in total. The fraction of sp³-hybridized carbons (Fsp3) is 0.273. The second kappa shape index (κ2) is 8.61. The predicted octanol–water partition coefficient (Wildman–Crippen LogP) is 3.96. The van der Waals surface area contributed by atoms with Gasteiger partial charge in [-0.2, -0.15) is 0 Å². The van der Waals surface area contributed by atoms with Crippen LogP contribution < -0.4 is 14.8 Å². The Balaban J connectivity index is 2.12. The van der Waals surface area contributed by atoms with Gasteiger partial charge in [0.1, 0.15) is 11.3 Å². The molecule has 0 saturated carbocycles. The molecule has 1 aromatic heterocycles. The monoisotopic (exact) mass is 380 g/mol. The number of aromatic hydroxyl groups is 1. The first-order valence-corrected chi connectivity index (χ1v) is 9.17. The average Bonchev–Trinajstić information content (AvgIpc) is 2.72. The summed E-state index contributed by atoms with van der Waals surface area (Å²) in [6.07, 6.45) is 2.76. The van der Waals surface area contributed by atoms with Gasteiger partial charge >= 0.3 is 0 Å². The van der Waals surface area contributed by atoms with E-state index in [2.05, 4.69) is 10.3 Å². The maximum absolute atomic E-state index is 12.4. The third-order valence-electron chi connectivity index (χ3n) is 4.61. The van der Waals surface area contributed by atoms with Crippen molar-refractivity contribution in [1.29, 1.82) is 0 Å². The molecule has 0 spiro atoms. The first-order chi connectivity index (χ1) is 13.6. The molecule has 2 aromatic carbocycles. The number of carbonyl (C=O) groups is 1. The number of rotatable bonds is 7. The molecular weight excluding hydrogens is 356 g/mol. The number of nitrogens with one attached hydrogen (secondary N) is 1. The number of carbonyl (C=O) groups excluding carboxylic acids is 1. The first-order valence-electron chi connectivity index (χ1n) is 9.17. The lowest BCUT2D eigenvalue weighted by Gasteiger charge is -2.22. The lowest BCUT2D eigenvalue weighted by molar-refractivity contribution is -0.121. The lowest BCUT2D eigenvalue weighted by Crippen LogP contribution is -2.29. The summed E-state index contributed by atoms with van der Waals surface area (Å²) in [7, 11) is 3.13. The largest absolute Gasteiger partial charge is 0.505 e. The minimum Gasteiger partial charge on any atom is -0.505 e. The molecule has 1 amide bonds. The number of methoxy groups -OCH3 is 2. The van der Waals surface area contributed by atoms with Crippen LogP contribution in [0.1, 0.15) is 36.9 Å². The Hall–Kier alpha value is -3.28. The normalized spacial score (nSPS) is 11.8. The summed E-state index contributed by atoms with van der Waals surface area (Å²) in [5.74, 6) is 1.10. The van der Waals surface area contributed by atoms with E-state index in [0.29, 0.717) is 29.0 Å². The van der Waals surface area contributed by atoms with Gasteiger partial charge in [-0.25, -0.2) is 0 Å². The molecule has 0 aliphatic rings. The van der Waals surface area contributed by atoms with E-state index in [0.717, 1.165) is 17.4 Å². The Labute approximate surface area is 164 Å². The number of nitrogens with zero attached hydrogens (tertiary/aromatic N) is 1. The standard InChI is InChI=1S/C22H24N2O4/c1-4-6-19(25)24-20(15-9-11-17(27-2)18(13-15)28-3)16-10-8-14-7-5-12-23-21(14)22(16)26/h5,7-13,20,26H,4,6H2,1-3H3,(H,24,25)/t20-/m0/s1. The van der Waals surface area contributed by atoms with Gasteiger partial charge in [0.05, 0.1) is 20.3 Å². The Kier molecular flexibility index (Phi) is 5.99. The molecule has 1 heterocycles. The minimum absolute atomic E-state index is 0.0506. The zero-order valence-corrected chi connectivity index (χ0v) is 16.2. The second-order valence-corrected chi connectivity index (χ2v) is 6.44. The number of ether oxygens (including phenoxy) is 2. The molecule has 0 fully saturated rings. The van der Waals surface area contributed by atoms with E-state index in [1.54, 1.807) is 32.5 Å². The SMILES string of the molecule is CCCC(=O)N[C@@H](c1ccc(OC)c(OC)c1)c1ccc2cccnc2c1O. The van der Waals surface area contributed by atoms with Crippen LogP contribution in [0.15, 0.2) is 48.7 Å². The van der Waals surface area contributed by atoms with Crippen molar-refractivity contribution in [2.45, 2.75) is 25.8 Å². The maximum Gasteiger partial charge on any atom is 0.220 e. The molecule has 0 aliphatic carbocycles. The molecule has 6 nitrogen and oxygen atoms in total. The highest BCUT2D eigenvalue weighted by atomic mass is 16.5. The van der Waals surface area contributed by atoms with E-state index in [1.807, 2.05) is 37.3 Å². The Morgan fingerprint density at radius 2 is 1.93 bits per heavy atom. The lowest BCUT2D eigenvalue weighted by atomic mass is 9.95. The second-order valence-electron chi connectivity index (χ2n) is 6.44. The number of pyridine rings is 1. The van der Waals surface area contributed by atoms with Gasteiger partial charge in [-0.15, -0.1) is 0 Å². The van der Waals surface area contributed by atoms with E-state index in [4.69, 9.17) is 9.47 Å². The van der Waals surface area contributed by atoms with Gasteiger partial charge in [0, 0.05) is 23.6 Å². The van der Waals surface area contributed by atoms with Crippen LogP contribution >= 0.6 is 0 Å². The van der Waals surface area contributed by atoms with Gasteiger partial charge in [-0.3, -0.25) is 9.78 Å². The summed E-state index contributed by atoms with van der Waals surface area (Å²) in [5.41, 5.74) is 1.84. The highest BCUT2D eigenvalue weighted by molar-refractivity contribution is 5.86. The summed E-state index contributed by atoms with van der Waals surface area (Å²) < 4.78 is 10.7. The molecule has 28 heavy (non-hydrogen) atoms. The molecule has 6 heteroatoms. The average molecular weight is 380 g/mol. The molecule has 146 valence electrons. The summed E-state index contributed by atoms with van der Waals surface area (Å²) in [5, 5.41) is 14.7. The minimum atomic E-state index is -0.551. The highest BCUT2D eigenvalue weighted by Gasteiger charge is 2.23. The van der Waals surface area contributed by atoms with Crippen LogP contribution in [-0.2, 0) is 4.79 Å². The van der Waals surface area contributed by atoms with Crippen molar-refractivity contribution in [2.75, 3.05) is 14.2 Å². The van der Waals surface area contributed by atoms with Crippen molar-refractivity contribution in [3.63, 3.8) is 0 Å². The molecular formula is C22H24N2O4. The third-order valence-corrected chi connectivity index (χ3v) is 4.61. The number of amides is 1. The molecule has 0 saturated heterocycles. The van der Waals surface area contributed by atoms with Gasteiger partial charge in [-0.05, 0) is 30.2 Å². The molecule has 0 unspecified atom stereocenters. The van der Waals surface area contributed by atoms with Gasteiger partial charge in [-0.1, -0.05) is 31.2 Å². The fourth-order valence-corrected chi connectivity index (χ4v) is 3.21. The van der Waals surface area contributed by atoms with Crippen LogP contribution in [0.4, 0.5) is 0 Å². The van der Waals surface area contributed by atoms with Gasteiger partial charge in [0.2, 0.25) is 5.91 Å². The molecule has 0 radical (unpaired) electrons. The van der Waals surface area contributed by atoms with Crippen molar-refractivity contribution in [1.82, 2.24) is 10.3 Å². The van der Waals surface area contributed by atoms with Crippen molar-refractivity contribution in [3.8, 4) is 17.2 Å². The third kappa shape index (κ3) is 3.86. The number of fused-ring (bicyclic) bond motifs is 1.